The van der Waals surface area contributed by atoms with Crippen molar-refractivity contribution in [1.29, 1.82) is 0 Å². The van der Waals surface area contributed by atoms with Gasteiger partial charge in [-0.25, -0.2) is 0 Å². The molecule has 2 rings (SSSR count). The van der Waals surface area contributed by atoms with Crippen molar-refractivity contribution in [2.24, 2.45) is 0 Å². The molecule has 0 fully saturated rings. The molecule has 0 saturated carbocycles. The fraction of sp³-hybridized carbons (Fsp3) is 0.333. The van der Waals surface area contributed by atoms with E-state index in [1.165, 1.54) is 5.56 Å². The molecule has 3 N–H and O–H groups in total. The summed E-state index contributed by atoms with van der Waals surface area (Å²) in [6.07, 6.45) is 0. The van der Waals surface area contributed by atoms with E-state index in [4.69, 9.17) is 10.5 Å². The van der Waals surface area contributed by atoms with Gasteiger partial charge in [0.2, 0.25) is 0 Å². The van der Waals surface area contributed by atoms with Crippen molar-refractivity contribution < 1.29 is 4.74 Å². The minimum Gasteiger partial charge on any atom is -0.492 e. The van der Waals surface area contributed by atoms with Gasteiger partial charge in [-0.1, -0.05) is 0 Å². The van der Waals surface area contributed by atoms with Gasteiger partial charge in [0.15, 0.2) is 0 Å². The van der Waals surface area contributed by atoms with Crippen LogP contribution in [0.2, 0.25) is 0 Å². The summed E-state index contributed by atoms with van der Waals surface area (Å²) in [4.78, 5) is 3.32. The minimum absolute atomic E-state index is 0.663. The Hall–Kier alpha value is -1.64. The second kappa shape index (κ2) is 3.50. The lowest BCUT2D eigenvalue weighted by atomic mass is 10.1. The number of nitrogen functional groups attached to an aromatic ring is 1. The van der Waals surface area contributed by atoms with E-state index in [2.05, 4.69) is 11.9 Å². The van der Waals surface area contributed by atoms with E-state index in [-0.39, 0.29) is 0 Å². The largest absolute Gasteiger partial charge is 0.492 e. The monoisotopic (exact) mass is 204 g/mol. The van der Waals surface area contributed by atoms with Gasteiger partial charge in [-0.05, 0) is 38.5 Å². The highest BCUT2D eigenvalue weighted by molar-refractivity contribution is 5.98. The molecule has 15 heavy (non-hydrogen) atoms. The molecule has 3 heteroatoms. The molecule has 2 aromatic rings. The Bertz CT molecular complexity index is 500. The zero-order valence-electron chi connectivity index (χ0n) is 9.35. The van der Waals surface area contributed by atoms with Crippen LogP contribution in [0.15, 0.2) is 12.1 Å². The van der Waals surface area contributed by atoms with Gasteiger partial charge in [0.1, 0.15) is 5.75 Å². The number of aromatic nitrogens is 1. The number of ether oxygens (including phenoxy) is 1. The quantitative estimate of drug-likeness (QED) is 0.739. The molecule has 0 saturated heterocycles. The van der Waals surface area contributed by atoms with Crippen LogP contribution in [0.4, 0.5) is 5.69 Å². The molecule has 0 bridgehead atoms. The van der Waals surface area contributed by atoms with Gasteiger partial charge in [-0.2, -0.15) is 0 Å². The summed E-state index contributed by atoms with van der Waals surface area (Å²) in [6, 6.07) is 3.81. The Labute approximate surface area is 89.2 Å². The first-order chi connectivity index (χ1) is 7.15. The highest BCUT2D eigenvalue weighted by Gasteiger charge is 2.11. The Morgan fingerprint density at radius 3 is 2.73 bits per heavy atom. The van der Waals surface area contributed by atoms with Crippen molar-refractivity contribution in [3.8, 4) is 5.75 Å². The normalized spacial score (nSPS) is 10.9. The van der Waals surface area contributed by atoms with Crippen LogP contribution in [-0.4, -0.2) is 11.6 Å². The third kappa shape index (κ3) is 1.44. The van der Waals surface area contributed by atoms with Gasteiger partial charge < -0.3 is 15.5 Å². The average Bonchev–Trinajstić information content (AvgIpc) is 2.50. The topological polar surface area (TPSA) is 51.0 Å². The zero-order chi connectivity index (χ0) is 11.0. The maximum Gasteiger partial charge on any atom is 0.143 e. The number of aromatic amines is 1. The molecule has 80 valence electrons. The number of H-pyrrole nitrogens is 1. The molecule has 0 atom stereocenters. The molecule has 0 aliphatic carbocycles. The van der Waals surface area contributed by atoms with Gasteiger partial charge in [0.25, 0.3) is 0 Å². The maximum absolute atomic E-state index is 5.96. The smallest absolute Gasteiger partial charge is 0.143 e. The van der Waals surface area contributed by atoms with Crippen LogP contribution in [0.25, 0.3) is 10.9 Å². The van der Waals surface area contributed by atoms with Crippen molar-refractivity contribution in [3.63, 3.8) is 0 Å². The van der Waals surface area contributed by atoms with Crippen LogP contribution in [0.5, 0.6) is 5.75 Å². The number of fused-ring (bicyclic) bond motifs is 1. The van der Waals surface area contributed by atoms with Gasteiger partial charge >= 0.3 is 0 Å². The van der Waals surface area contributed by atoms with Crippen LogP contribution in [-0.2, 0) is 0 Å². The van der Waals surface area contributed by atoms with Crippen molar-refractivity contribution in [3.05, 3.63) is 23.4 Å². The van der Waals surface area contributed by atoms with Gasteiger partial charge in [0.05, 0.1) is 12.1 Å². The van der Waals surface area contributed by atoms with Crippen LogP contribution in [0.1, 0.15) is 18.2 Å². The summed E-state index contributed by atoms with van der Waals surface area (Å²) >= 11 is 0. The first-order valence-corrected chi connectivity index (χ1v) is 5.15. The highest BCUT2D eigenvalue weighted by atomic mass is 16.5. The summed E-state index contributed by atoms with van der Waals surface area (Å²) in [6.45, 7) is 6.76. The lowest BCUT2D eigenvalue weighted by molar-refractivity contribution is 0.344. The molecule has 0 spiro atoms. The van der Waals surface area contributed by atoms with Crippen LogP contribution < -0.4 is 10.5 Å². The van der Waals surface area contributed by atoms with Crippen molar-refractivity contribution in [2.75, 3.05) is 12.3 Å². The number of nitrogens with one attached hydrogen (secondary N) is 1. The number of hydrogen-bond acceptors (Lipinski definition) is 2. The molecule has 0 aliphatic heterocycles. The third-order valence-electron chi connectivity index (χ3n) is 2.75. The van der Waals surface area contributed by atoms with Crippen LogP contribution >= 0.6 is 0 Å². The number of aryl methyl sites for hydroxylation is 2. The van der Waals surface area contributed by atoms with Crippen LogP contribution in [0.3, 0.4) is 0 Å². The molecule has 1 aromatic heterocycles. The van der Waals surface area contributed by atoms with Crippen molar-refractivity contribution >= 4 is 16.6 Å². The second-order valence-corrected chi connectivity index (χ2v) is 3.71. The summed E-state index contributed by atoms with van der Waals surface area (Å²) in [7, 11) is 0. The van der Waals surface area contributed by atoms with Crippen LogP contribution in [0, 0.1) is 13.8 Å². The standard InChI is InChI=1S/C12H16N2O/c1-4-15-10-6-5-9(13)11-7(2)8(3)14-12(10)11/h5-6,14H,4,13H2,1-3H3. The number of anilines is 1. The first kappa shape index (κ1) is 9.90. The van der Waals surface area contributed by atoms with E-state index in [1.807, 2.05) is 26.0 Å². The Kier molecular flexibility index (Phi) is 2.31. The van der Waals surface area contributed by atoms with E-state index in [0.29, 0.717) is 6.61 Å². The minimum atomic E-state index is 0.663. The lowest BCUT2D eigenvalue weighted by Crippen LogP contribution is -1.94. The first-order valence-electron chi connectivity index (χ1n) is 5.15. The SMILES string of the molecule is CCOc1ccc(N)c2c(C)c(C)[nH]c12. The maximum atomic E-state index is 5.96. The highest BCUT2D eigenvalue weighted by Crippen LogP contribution is 2.33. The molecular weight excluding hydrogens is 188 g/mol. The molecule has 0 unspecified atom stereocenters. The van der Waals surface area contributed by atoms with E-state index < -0.39 is 0 Å². The predicted molar refractivity (Wildman–Crippen MR) is 63.4 cm³/mol. The summed E-state index contributed by atoms with van der Waals surface area (Å²) in [5.74, 6) is 0.873. The van der Waals surface area contributed by atoms with Crippen molar-refractivity contribution in [1.82, 2.24) is 4.98 Å². The van der Waals surface area contributed by atoms with Gasteiger partial charge in [-0.15, -0.1) is 0 Å². The summed E-state index contributed by atoms with van der Waals surface area (Å²) in [5, 5.41) is 1.08. The number of hydrogen-bond donors (Lipinski definition) is 2. The molecule has 1 aromatic carbocycles. The average molecular weight is 204 g/mol. The Morgan fingerprint density at radius 2 is 2.07 bits per heavy atom. The Morgan fingerprint density at radius 1 is 1.33 bits per heavy atom. The second-order valence-electron chi connectivity index (χ2n) is 3.71. The molecule has 3 nitrogen and oxygen atoms in total. The number of rotatable bonds is 2. The van der Waals surface area contributed by atoms with E-state index >= 15 is 0 Å². The predicted octanol–water partition coefficient (Wildman–Crippen LogP) is 2.77. The van der Waals surface area contributed by atoms with Crippen molar-refractivity contribution in [2.45, 2.75) is 20.8 Å². The lowest BCUT2D eigenvalue weighted by Gasteiger charge is -2.06. The molecular formula is C12H16N2O. The summed E-state index contributed by atoms with van der Waals surface area (Å²) in [5.41, 5.74) is 10.1. The third-order valence-corrected chi connectivity index (χ3v) is 2.75. The molecule has 0 radical (unpaired) electrons. The van der Waals surface area contributed by atoms with E-state index in [9.17, 15) is 0 Å². The number of benzene rings is 1. The molecule has 0 amide bonds. The Balaban J connectivity index is 2.76. The fourth-order valence-electron chi connectivity index (χ4n) is 1.87. The zero-order valence-corrected chi connectivity index (χ0v) is 9.35. The fourth-order valence-corrected chi connectivity index (χ4v) is 1.87. The van der Waals surface area contributed by atoms with E-state index in [0.717, 1.165) is 28.0 Å². The van der Waals surface area contributed by atoms with Gasteiger partial charge in [-0.3, -0.25) is 0 Å². The van der Waals surface area contributed by atoms with E-state index in [1.54, 1.807) is 0 Å². The van der Waals surface area contributed by atoms with Gasteiger partial charge in [0, 0.05) is 16.8 Å². The summed E-state index contributed by atoms with van der Waals surface area (Å²) < 4.78 is 5.56. The molecule has 0 aliphatic rings. The number of nitrogens with two attached hydrogens (primary N) is 1. The molecule has 1 heterocycles.